The molecule has 1 saturated heterocycles. The minimum Gasteiger partial charge on any atom is -0.394 e. The maximum atomic E-state index is 12.7. The van der Waals surface area contributed by atoms with Crippen LogP contribution < -0.4 is 5.32 Å². The van der Waals surface area contributed by atoms with Crippen LogP contribution >= 0.6 is 11.8 Å². The summed E-state index contributed by atoms with van der Waals surface area (Å²) in [5.41, 5.74) is 0. The molecule has 194 valence electrons. The molecule has 6 N–H and O–H groups in total. The summed E-state index contributed by atoms with van der Waals surface area (Å²) in [5, 5.41) is 50.9. The third kappa shape index (κ3) is 10.1. The predicted octanol–water partition coefficient (Wildman–Crippen LogP) is 0.749. The molecule has 1 rings (SSSR count). The van der Waals surface area contributed by atoms with Crippen LogP contribution in [0.15, 0.2) is 0 Å². The van der Waals surface area contributed by atoms with Crippen molar-refractivity contribution in [3.05, 3.63) is 0 Å². The summed E-state index contributed by atoms with van der Waals surface area (Å²) in [4.78, 5) is 26.1. The van der Waals surface area contributed by atoms with Crippen LogP contribution in [0, 0.1) is 0 Å². The second-order valence-electron chi connectivity index (χ2n) is 8.86. The van der Waals surface area contributed by atoms with Gasteiger partial charge in [0, 0.05) is 19.2 Å². The van der Waals surface area contributed by atoms with Gasteiger partial charge in [-0.25, -0.2) is 0 Å². The lowest BCUT2D eigenvalue weighted by molar-refractivity contribution is -0.146. The van der Waals surface area contributed by atoms with Gasteiger partial charge < -0.3 is 35.7 Å². The van der Waals surface area contributed by atoms with Gasteiger partial charge in [0.25, 0.3) is 0 Å². The Labute approximate surface area is 201 Å². The quantitative estimate of drug-likeness (QED) is 0.163. The Balaban J connectivity index is 2.40. The topological polar surface area (TPSA) is 151 Å². The summed E-state index contributed by atoms with van der Waals surface area (Å²) in [6.07, 6.45) is 5.16. The molecule has 9 nitrogen and oxygen atoms in total. The zero-order chi connectivity index (χ0) is 24.8. The highest BCUT2D eigenvalue weighted by Crippen LogP contribution is 2.33. The first-order valence-corrected chi connectivity index (χ1v) is 13.3. The first kappa shape index (κ1) is 30.1. The van der Waals surface area contributed by atoms with E-state index in [4.69, 9.17) is 5.11 Å². The molecule has 0 aromatic rings. The van der Waals surface area contributed by atoms with E-state index in [0.29, 0.717) is 6.54 Å². The average molecular weight is 493 g/mol. The minimum atomic E-state index is -1.79. The molecule has 2 amide bonds. The molecule has 1 heterocycles. The van der Waals surface area contributed by atoms with E-state index in [9.17, 15) is 30.0 Å². The van der Waals surface area contributed by atoms with Crippen LogP contribution in [0.4, 0.5) is 0 Å². The smallest absolute Gasteiger partial charge is 0.243 e. The van der Waals surface area contributed by atoms with Crippen molar-refractivity contribution in [3.63, 3.8) is 0 Å². The molecule has 0 bridgehead atoms. The van der Waals surface area contributed by atoms with Gasteiger partial charge in [0.05, 0.1) is 6.61 Å². The minimum absolute atomic E-state index is 0.247. The number of nitrogens with zero attached hydrogens (tertiary/aromatic N) is 1. The van der Waals surface area contributed by atoms with E-state index in [2.05, 4.69) is 12.2 Å². The molecular weight excluding hydrogens is 448 g/mol. The van der Waals surface area contributed by atoms with Crippen molar-refractivity contribution >= 4 is 23.6 Å². The lowest BCUT2D eigenvalue weighted by atomic mass is 10.0. The summed E-state index contributed by atoms with van der Waals surface area (Å²) in [7, 11) is 0. The predicted molar refractivity (Wildman–Crippen MR) is 129 cm³/mol. The summed E-state index contributed by atoms with van der Waals surface area (Å²) in [6.45, 7) is 3.22. The Hall–Kier alpha value is -0.910. The molecule has 6 atom stereocenters. The monoisotopic (exact) mass is 492 g/mol. The highest BCUT2D eigenvalue weighted by molar-refractivity contribution is 8.00. The molecule has 1 fully saturated rings. The van der Waals surface area contributed by atoms with Crippen molar-refractivity contribution in [2.75, 3.05) is 18.9 Å². The molecule has 0 radical (unpaired) electrons. The summed E-state index contributed by atoms with van der Waals surface area (Å²) >= 11 is 1.13. The number of carbonyl (C=O) groups is 2. The lowest BCUT2D eigenvalue weighted by Crippen LogP contribution is -2.56. The molecular formula is C23H44N2O7S. The number of nitrogens with one attached hydrogen (secondary N) is 1. The summed E-state index contributed by atoms with van der Waals surface area (Å²) in [5.74, 6) is -0.502. The SMILES string of the molecule is CCCCCCCCCCCCNC(=O)C1CSC([C@@H](O)[C@@H](O)[C@H](O)[C@H](O)CO)N1C(C)=O. The Morgan fingerprint density at radius 2 is 1.48 bits per heavy atom. The number of carbonyl (C=O) groups excluding carboxylic acids is 2. The van der Waals surface area contributed by atoms with Gasteiger partial charge in [-0.3, -0.25) is 9.59 Å². The molecule has 1 aliphatic heterocycles. The van der Waals surface area contributed by atoms with Gasteiger partial charge in [0.1, 0.15) is 35.8 Å². The normalized spacial score (nSPS) is 22.1. The van der Waals surface area contributed by atoms with E-state index >= 15 is 0 Å². The Morgan fingerprint density at radius 3 is 2.00 bits per heavy atom. The van der Waals surface area contributed by atoms with Crippen molar-refractivity contribution in [3.8, 4) is 0 Å². The van der Waals surface area contributed by atoms with Crippen LogP contribution in [0.25, 0.3) is 0 Å². The molecule has 1 aliphatic rings. The third-order valence-corrected chi connectivity index (χ3v) is 7.46. The molecule has 33 heavy (non-hydrogen) atoms. The number of aliphatic hydroxyl groups excluding tert-OH is 5. The van der Waals surface area contributed by atoms with Crippen molar-refractivity contribution in [1.82, 2.24) is 10.2 Å². The number of aliphatic hydroxyl groups is 5. The van der Waals surface area contributed by atoms with Crippen molar-refractivity contribution in [2.45, 2.75) is 114 Å². The molecule has 10 heteroatoms. The highest BCUT2D eigenvalue weighted by Gasteiger charge is 2.46. The second kappa shape index (κ2) is 16.7. The number of rotatable bonds is 17. The summed E-state index contributed by atoms with van der Waals surface area (Å²) < 4.78 is 0. The highest BCUT2D eigenvalue weighted by atomic mass is 32.2. The van der Waals surface area contributed by atoms with Crippen LogP contribution in [-0.4, -0.2) is 97.0 Å². The van der Waals surface area contributed by atoms with Crippen molar-refractivity contribution in [1.29, 1.82) is 0 Å². The van der Waals surface area contributed by atoms with Gasteiger partial charge in [0.2, 0.25) is 11.8 Å². The fourth-order valence-corrected chi connectivity index (χ4v) is 5.55. The molecule has 0 spiro atoms. The molecule has 0 aromatic heterocycles. The lowest BCUT2D eigenvalue weighted by Gasteiger charge is -2.34. The summed E-state index contributed by atoms with van der Waals surface area (Å²) in [6, 6.07) is -0.789. The molecule has 0 aliphatic carbocycles. The average Bonchev–Trinajstić information content (AvgIpc) is 3.26. The third-order valence-electron chi connectivity index (χ3n) is 6.10. The van der Waals surface area contributed by atoms with E-state index in [1.54, 1.807) is 0 Å². The van der Waals surface area contributed by atoms with E-state index in [1.165, 1.54) is 56.8 Å². The first-order chi connectivity index (χ1) is 15.8. The number of unbranched alkanes of at least 4 members (excludes halogenated alkanes) is 9. The van der Waals surface area contributed by atoms with Gasteiger partial charge in [0.15, 0.2) is 0 Å². The zero-order valence-electron chi connectivity index (χ0n) is 20.1. The Kier molecular flexibility index (Phi) is 15.2. The van der Waals surface area contributed by atoms with Crippen molar-refractivity contribution < 1.29 is 35.1 Å². The van der Waals surface area contributed by atoms with E-state index in [0.717, 1.165) is 31.0 Å². The number of hydrogen-bond acceptors (Lipinski definition) is 8. The van der Waals surface area contributed by atoms with Crippen LogP contribution in [0.1, 0.15) is 78.1 Å². The fraction of sp³-hybridized carbons (Fsp3) is 0.913. The van der Waals surface area contributed by atoms with Crippen LogP contribution in [0.3, 0.4) is 0 Å². The largest absolute Gasteiger partial charge is 0.394 e. The van der Waals surface area contributed by atoms with Crippen LogP contribution in [0.2, 0.25) is 0 Å². The maximum absolute atomic E-state index is 12.7. The van der Waals surface area contributed by atoms with Gasteiger partial charge in [-0.1, -0.05) is 64.7 Å². The van der Waals surface area contributed by atoms with Gasteiger partial charge in [-0.15, -0.1) is 11.8 Å². The molecule has 0 aromatic carbocycles. The Bertz CT molecular complexity index is 569. The van der Waals surface area contributed by atoms with Crippen LogP contribution in [0.5, 0.6) is 0 Å². The number of hydrogen-bond donors (Lipinski definition) is 6. The first-order valence-electron chi connectivity index (χ1n) is 12.3. The van der Waals surface area contributed by atoms with Gasteiger partial charge in [-0.2, -0.15) is 0 Å². The van der Waals surface area contributed by atoms with Gasteiger partial charge in [-0.05, 0) is 6.42 Å². The standard InChI is InChI=1S/C23H44N2O7S/c1-3-4-5-6-7-8-9-10-11-12-13-24-22(32)17-15-33-23(25(17)16(2)27)21(31)20(30)19(29)18(28)14-26/h17-21,23,26,28-31H,3-15H2,1-2H3,(H,24,32)/t17?,18-,19-,20+,21+,23?/m1/s1. The number of amides is 2. The Morgan fingerprint density at radius 1 is 0.939 bits per heavy atom. The maximum Gasteiger partial charge on any atom is 0.243 e. The van der Waals surface area contributed by atoms with Crippen molar-refractivity contribution in [2.24, 2.45) is 0 Å². The molecule has 0 saturated carbocycles. The van der Waals surface area contributed by atoms with E-state index in [-0.39, 0.29) is 11.7 Å². The van der Waals surface area contributed by atoms with Crippen LogP contribution in [-0.2, 0) is 9.59 Å². The zero-order valence-corrected chi connectivity index (χ0v) is 20.9. The van der Waals surface area contributed by atoms with E-state index in [1.807, 2.05) is 0 Å². The van der Waals surface area contributed by atoms with Gasteiger partial charge >= 0.3 is 0 Å². The number of thioether (sulfide) groups is 1. The molecule has 2 unspecified atom stereocenters. The fourth-order valence-electron chi connectivity index (χ4n) is 4.04. The van der Waals surface area contributed by atoms with E-state index < -0.39 is 48.3 Å². The second-order valence-corrected chi connectivity index (χ2v) is 10.0.